The van der Waals surface area contributed by atoms with Gasteiger partial charge in [0, 0.05) is 25.6 Å². The van der Waals surface area contributed by atoms with Crippen molar-refractivity contribution in [3.05, 3.63) is 0 Å². The lowest BCUT2D eigenvalue weighted by molar-refractivity contribution is -0.118. The standard InChI is InChI=1S/C10H20N2O2/c1-8(6-9(11)13)12-7-10(2)4-3-5-14-10/h8,12H,3-7H2,1-2H3,(H2,11,13). The first-order valence-electron chi connectivity index (χ1n) is 5.17. The molecule has 0 saturated carbocycles. The van der Waals surface area contributed by atoms with E-state index in [1.807, 2.05) is 6.92 Å². The molecule has 4 nitrogen and oxygen atoms in total. The van der Waals surface area contributed by atoms with Crippen LogP contribution in [0, 0.1) is 0 Å². The minimum atomic E-state index is -0.262. The van der Waals surface area contributed by atoms with E-state index in [1.54, 1.807) is 0 Å². The van der Waals surface area contributed by atoms with Crippen molar-refractivity contribution in [3.63, 3.8) is 0 Å². The molecule has 82 valence electrons. The van der Waals surface area contributed by atoms with E-state index < -0.39 is 0 Å². The highest BCUT2D eigenvalue weighted by atomic mass is 16.5. The topological polar surface area (TPSA) is 64.4 Å². The van der Waals surface area contributed by atoms with Crippen molar-refractivity contribution in [1.82, 2.24) is 5.32 Å². The number of hydrogen-bond donors (Lipinski definition) is 2. The van der Waals surface area contributed by atoms with Crippen LogP contribution in [0.4, 0.5) is 0 Å². The van der Waals surface area contributed by atoms with Gasteiger partial charge in [-0.05, 0) is 26.7 Å². The molecule has 0 spiro atoms. The van der Waals surface area contributed by atoms with Crippen molar-refractivity contribution in [2.75, 3.05) is 13.2 Å². The maximum absolute atomic E-state index is 10.6. The van der Waals surface area contributed by atoms with Gasteiger partial charge in [0.05, 0.1) is 5.60 Å². The van der Waals surface area contributed by atoms with Crippen LogP contribution in [0.3, 0.4) is 0 Å². The molecule has 0 aromatic heterocycles. The molecule has 1 amide bonds. The Bertz CT molecular complexity index is 200. The molecule has 1 fully saturated rings. The average Bonchev–Trinajstić information content (AvgIpc) is 2.49. The number of amides is 1. The monoisotopic (exact) mass is 200 g/mol. The second-order valence-corrected chi connectivity index (χ2v) is 4.35. The largest absolute Gasteiger partial charge is 0.374 e. The molecular weight excluding hydrogens is 180 g/mol. The van der Waals surface area contributed by atoms with Crippen molar-refractivity contribution >= 4 is 5.91 Å². The van der Waals surface area contributed by atoms with E-state index >= 15 is 0 Å². The fraction of sp³-hybridized carbons (Fsp3) is 0.900. The molecule has 14 heavy (non-hydrogen) atoms. The van der Waals surface area contributed by atoms with Crippen LogP contribution in [0.2, 0.25) is 0 Å². The zero-order valence-corrected chi connectivity index (χ0v) is 9.01. The number of carbonyl (C=O) groups excluding carboxylic acids is 1. The Labute approximate surface area is 85.2 Å². The van der Waals surface area contributed by atoms with Gasteiger partial charge in [-0.1, -0.05) is 0 Å². The van der Waals surface area contributed by atoms with Crippen molar-refractivity contribution in [2.24, 2.45) is 5.73 Å². The quantitative estimate of drug-likeness (QED) is 0.675. The lowest BCUT2D eigenvalue weighted by atomic mass is 10.0. The van der Waals surface area contributed by atoms with E-state index in [4.69, 9.17) is 10.5 Å². The van der Waals surface area contributed by atoms with Gasteiger partial charge in [-0.25, -0.2) is 0 Å². The van der Waals surface area contributed by atoms with Crippen molar-refractivity contribution in [2.45, 2.75) is 44.8 Å². The highest BCUT2D eigenvalue weighted by Crippen LogP contribution is 2.23. The molecule has 0 bridgehead atoms. The van der Waals surface area contributed by atoms with Crippen LogP contribution in [0.1, 0.15) is 33.1 Å². The molecule has 0 aromatic rings. The molecule has 1 aliphatic rings. The summed E-state index contributed by atoms with van der Waals surface area (Å²) < 4.78 is 5.62. The molecule has 2 atom stereocenters. The van der Waals surface area contributed by atoms with Crippen LogP contribution in [0.25, 0.3) is 0 Å². The highest BCUT2D eigenvalue weighted by molar-refractivity contribution is 5.74. The Hall–Kier alpha value is -0.610. The number of rotatable bonds is 5. The molecule has 2 unspecified atom stereocenters. The van der Waals surface area contributed by atoms with E-state index in [9.17, 15) is 4.79 Å². The summed E-state index contributed by atoms with van der Waals surface area (Å²) in [5, 5.41) is 3.27. The van der Waals surface area contributed by atoms with Crippen LogP contribution in [-0.2, 0) is 9.53 Å². The summed E-state index contributed by atoms with van der Waals surface area (Å²) in [4.78, 5) is 10.6. The first-order chi connectivity index (χ1) is 6.52. The van der Waals surface area contributed by atoms with Gasteiger partial charge in [0.15, 0.2) is 0 Å². The van der Waals surface area contributed by atoms with Gasteiger partial charge in [-0.3, -0.25) is 4.79 Å². The third kappa shape index (κ3) is 3.64. The molecule has 1 rings (SSSR count). The Morgan fingerprint density at radius 2 is 2.43 bits per heavy atom. The van der Waals surface area contributed by atoms with Crippen LogP contribution in [0.15, 0.2) is 0 Å². The van der Waals surface area contributed by atoms with Crippen LogP contribution in [0.5, 0.6) is 0 Å². The first-order valence-corrected chi connectivity index (χ1v) is 5.17. The lowest BCUT2D eigenvalue weighted by Gasteiger charge is -2.25. The summed E-state index contributed by atoms with van der Waals surface area (Å²) in [7, 11) is 0. The molecule has 0 aliphatic carbocycles. The second kappa shape index (κ2) is 4.75. The van der Waals surface area contributed by atoms with Crippen LogP contribution >= 0.6 is 0 Å². The van der Waals surface area contributed by atoms with Gasteiger partial charge < -0.3 is 15.8 Å². The highest BCUT2D eigenvalue weighted by Gasteiger charge is 2.29. The summed E-state index contributed by atoms with van der Waals surface area (Å²) >= 11 is 0. The van der Waals surface area contributed by atoms with Crippen LogP contribution in [-0.4, -0.2) is 30.7 Å². The molecule has 3 N–H and O–H groups in total. The number of carbonyl (C=O) groups is 1. The molecule has 4 heteroatoms. The zero-order chi connectivity index (χ0) is 10.6. The molecule has 0 aromatic carbocycles. The zero-order valence-electron chi connectivity index (χ0n) is 9.01. The van der Waals surface area contributed by atoms with E-state index in [1.165, 1.54) is 0 Å². The third-order valence-corrected chi connectivity index (χ3v) is 2.63. The Morgan fingerprint density at radius 1 is 1.71 bits per heavy atom. The van der Waals surface area contributed by atoms with Gasteiger partial charge in [0.2, 0.25) is 5.91 Å². The van der Waals surface area contributed by atoms with E-state index in [0.29, 0.717) is 6.42 Å². The van der Waals surface area contributed by atoms with Gasteiger partial charge in [0.1, 0.15) is 0 Å². The lowest BCUT2D eigenvalue weighted by Crippen LogP contribution is -2.42. The Morgan fingerprint density at radius 3 is 2.93 bits per heavy atom. The van der Waals surface area contributed by atoms with Crippen LogP contribution < -0.4 is 11.1 Å². The second-order valence-electron chi connectivity index (χ2n) is 4.35. The molecule has 1 heterocycles. The van der Waals surface area contributed by atoms with Gasteiger partial charge in [-0.15, -0.1) is 0 Å². The summed E-state index contributed by atoms with van der Waals surface area (Å²) in [6.07, 6.45) is 2.60. The molecule has 1 aliphatic heterocycles. The van der Waals surface area contributed by atoms with Gasteiger partial charge in [-0.2, -0.15) is 0 Å². The van der Waals surface area contributed by atoms with Crippen molar-refractivity contribution in [1.29, 1.82) is 0 Å². The minimum absolute atomic E-state index is 0.0497. The normalized spacial score (nSPS) is 29.0. The predicted molar refractivity (Wildman–Crippen MR) is 54.9 cm³/mol. The van der Waals surface area contributed by atoms with E-state index in [0.717, 1.165) is 26.0 Å². The Kier molecular flexibility index (Phi) is 3.89. The van der Waals surface area contributed by atoms with Crippen molar-refractivity contribution in [3.8, 4) is 0 Å². The molecular formula is C10H20N2O2. The smallest absolute Gasteiger partial charge is 0.218 e. The molecule has 0 radical (unpaired) electrons. The first kappa shape index (κ1) is 11.5. The van der Waals surface area contributed by atoms with Gasteiger partial charge >= 0.3 is 0 Å². The average molecular weight is 200 g/mol. The summed E-state index contributed by atoms with van der Waals surface area (Å²) in [6.45, 7) is 5.71. The van der Waals surface area contributed by atoms with Crippen molar-refractivity contribution < 1.29 is 9.53 Å². The van der Waals surface area contributed by atoms with Gasteiger partial charge in [0.25, 0.3) is 0 Å². The van der Waals surface area contributed by atoms with E-state index in [-0.39, 0.29) is 17.6 Å². The fourth-order valence-corrected chi connectivity index (χ4v) is 1.74. The number of nitrogens with one attached hydrogen (secondary N) is 1. The maximum Gasteiger partial charge on any atom is 0.218 e. The Balaban J connectivity index is 2.22. The SMILES string of the molecule is CC(CC(N)=O)NCC1(C)CCCO1. The summed E-state index contributed by atoms with van der Waals surface area (Å²) in [6, 6.07) is 0.133. The minimum Gasteiger partial charge on any atom is -0.374 e. The number of hydrogen-bond acceptors (Lipinski definition) is 3. The number of primary amides is 1. The molecule has 1 saturated heterocycles. The maximum atomic E-state index is 10.6. The summed E-state index contributed by atoms with van der Waals surface area (Å²) in [5.41, 5.74) is 5.05. The third-order valence-electron chi connectivity index (χ3n) is 2.63. The number of nitrogens with two attached hydrogens (primary N) is 1. The summed E-state index contributed by atoms with van der Waals surface area (Å²) in [5.74, 6) is -0.262. The fourth-order valence-electron chi connectivity index (χ4n) is 1.74. The predicted octanol–water partition coefficient (Wildman–Crippen LogP) is 0.409. The number of ether oxygens (including phenoxy) is 1. The van der Waals surface area contributed by atoms with E-state index in [2.05, 4.69) is 12.2 Å².